The average Bonchev–Trinajstić information content (AvgIpc) is 2.55. The van der Waals surface area contributed by atoms with Gasteiger partial charge in [0.1, 0.15) is 19.0 Å². The van der Waals surface area contributed by atoms with Crippen LogP contribution in [0.25, 0.3) is 0 Å². The lowest BCUT2D eigenvalue weighted by Gasteiger charge is -2.19. The third-order valence-corrected chi connectivity index (χ3v) is 5.06. The van der Waals surface area contributed by atoms with Crippen LogP contribution in [0.4, 0.5) is 4.39 Å². The van der Waals surface area contributed by atoms with Gasteiger partial charge >= 0.3 is 0 Å². The summed E-state index contributed by atoms with van der Waals surface area (Å²) in [5.41, 5.74) is 1.22. The first-order valence-electron chi connectivity index (χ1n) is 7.10. The Labute approximate surface area is 134 Å². The van der Waals surface area contributed by atoms with Gasteiger partial charge < -0.3 is 9.47 Å². The SMILES string of the molecule is Cc1ccc(F)cc1S(=O)(=O)NCc1ccc2c(c1)OCCO2. The van der Waals surface area contributed by atoms with Crippen LogP contribution in [0.1, 0.15) is 11.1 Å². The van der Waals surface area contributed by atoms with Crippen LogP contribution in [0, 0.1) is 12.7 Å². The summed E-state index contributed by atoms with van der Waals surface area (Å²) < 4.78 is 51.3. The number of rotatable bonds is 4. The fraction of sp³-hybridized carbons (Fsp3) is 0.250. The summed E-state index contributed by atoms with van der Waals surface area (Å²) >= 11 is 0. The largest absolute Gasteiger partial charge is 0.486 e. The highest BCUT2D eigenvalue weighted by Gasteiger charge is 2.18. The molecule has 0 radical (unpaired) electrons. The van der Waals surface area contributed by atoms with Crippen LogP contribution < -0.4 is 14.2 Å². The summed E-state index contributed by atoms with van der Waals surface area (Å²) in [5.74, 6) is 0.647. The van der Waals surface area contributed by atoms with Crippen molar-refractivity contribution in [2.24, 2.45) is 0 Å². The molecule has 1 aliphatic rings. The van der Waals surface area contributed by atoms with Gasteiger partial charge in [-0.2, -0.15) is 0 Å². The number of aryl methyl sites for hydroxylation is 1. The van der Waals surface area contributed by atoms with Gasteiger partial charge in [-0.1, -0.05) is 12.1 Å². The molecule has 5 nitrogen and oxygen atoms in total. The molecular weight excluding hydrogens is 321 g/mol. The molecular formula is C16H16FNO4S. The Bertz CT molecular complexity index is 836. The summed E-state index contributed by atoms with van der Waals surface area (Å²) in [7, 11) is -3.79. The van der Waals surface area contributed by atoms with Gasteiger partial charge in [0.2, 0.25) is 10.0 Å². The summed E-state index contributed by atoms with van der Waals surface area (Å²) in [6.07, 6.45) is 0. The molecule has 0 saturated heterocycles. The van der Waals surface area contributed by atoms with Gasteiger partial charge in [-0.05, 0) is 42.3 Å². The number of hydrogen-bond acceptors (Lipinski definition) is 4. The molecule has 0 amide bonds. The van der Waals surface area contributed by atoms with E-state index in [4.69, 9.17) is 9.47 Å². The number of benzene rings is 2. The van der Waals surface area contributed by atoms with Crippen LogP contribution in [0.3, 0.4) is 0 Å². The van der Waals surface area contributed by atoms with Crippen molar-refractivity contribution in [1.29, 1.82) is 0 Å². The minimum atomic E-state index is -3.79. The lowest BCUT2D eigenvalue weighted by Crippen LogP contribution is -2.24. The van der Waals surface area contributed by atoms with Gasteiger partial charge in [-0.25, -0.2) is 17.5 Å². The highest BCUT2D eigenvalue weighted by molar-refractivity contribution is 7.89. The molecule has 0 fully saturated rings. The van der Waals surface area contributed by atoms with Gasteiger partial charge in [0, 0.05) is 6.54 Å². The van der Waals surface area contributed by atoms with Crippen LogP contribution in [-0.2, 0) is 16.6 Å². The maximum atomic E-state index is 13.3. The van der Waals surface area contributed by atoms with Gasteiger partial charge in [-0.3, -0.25) is 0 Å². The summed E-state index contributed by atoms with van der Waals surface area (Å²) in [4.78, 5) is -0.0601. The zero-order valence-electron chi connectivity index (χ0n) is 12.5. The molecule has 1 aliphatic heterocycles. The van der Waals surface area contributed by atoms with Crippen molar-refractivity contribution in [2.45, 2.75) is 18.4 Å². The van der Waals surface area contributed by atoms with Crippen LogP contribution in [-0.4, -0.2) is 21.6 Å². The Kier molecular flexibility index (Phi) is 4.23. The smallest absolute Gasteiger partial charge is 0.241 e. The van der Waals surface area contributed by atoms with Crippen molar-refractivity contribution >= 4 is 10.0 Å². The lowest BCUT2D eigenvalue weighted by atomic mass is 10.2. The second-order valence-corrected chi connectivity index (χ2v) is 6.95. The molecule has 0 aliphatic carbocycles. The first-order chi connectivity index (χ1) is 11.0. The lowest BCUT2D eigenvalue weighted by molar-refractivity contribution is 0.171. The maximum Gasteiger partial charge on any atom is 0.241 e. The van der Waals surface area contributed by atoms with Gasteiger partial charge in [0.05, 0.1) is 4.90 Å². The molecule has 1 heterocycles. The minimum absolute atomic E-state index is 0.0601. The molecule has 3 rings (SSSR count). The average molecular weight is 337 g/mol. The molecule has 2 aromatic carbocycles. The van der Waals surface area contributed by atoms with Crippen molar-refractivity contribution in [3.05, 3.63) is 53.3 Å². The molecule has 0 unspecified atom stereocenters. The minimum Gasteiger partial charge on any atom is -0.486 e. The van der Waals surface area contributed by atoms with E-state index in [0.29, 0.717) is 30.3 Å². The van der Waals surface area contributed by atoms with E-state index in [9.17, 15) is 12.8 Å². The van der Waals surface area contributed by atoms with Crippen molar-refractivity contribution in [3.8, 4) is 11.5 Å². The van der Waals surface area contributed by atoms with E-state index >= 15 is 0 Å². The van der Waals surface area contributed by atoms with Gasteiger partial charge in [-0.15, -0.1) is 0 Å². The molecule has 7 heteroatoms. The first kappa shape index (κ1) is 15.8. The normalized spacial score (nSPS) is 13.8. The summed E-state index contributed by atoms with van der Waals surface area (Å²) in [5, 5.41) is 0. The highest BCUT2D eigenvalue weighted by Crippen LogP contribution is 2.30. The van der Waals surface area contributed by atoms with E-state index in [1.54, 1.807) is 25.1 Å². The maximum absolute atomic E-state index is 13.3. The Balaban J connectivity index is 1.78. The molecule has 23 heavy (non-hydrogen) atoms. The second kappa shape index (κ2) is 6.17. The van der Waals surface area contributed by atoms with Crippen molar-refractivity contribution in [1.82, 2.24) is 4.72 Å². The zero-order valence-corrected chi connectivity index (χ0v) is 13.3. The quantitative estimate of drug-likeness (QED) is 0.930. The van der Waals surface area contributed by atoms with Crippen LogP contribution in [0.5, 0.6) is 11.5 Å². The van der Waals surface area contributed by atoms with Crippen molar-refractivity contribution < 1.29 is 22.3 Å². The second-order valence-electron chi connectivity index (χ2n) is 5.21. The number of halogens is 1. The molecule has 0 spiro atoms. The van der Waals surface area contributed by atoms with Crippen LogP contribution in [0.2, 0.25) is 0 Å². The van der Waals surface area contributed by atoms with E-state index in [1.807, 2.05) is 0 Å². The number of sulfonamides is 1. The van der Waals surface area contributed by atoms with E-state index < -0.39 is 15.8 Å². The molecule has 122 valence electrons. The molecule has 2 aromatic rings. The Morgan fingerprint density at radius 3 is 2.61 bits per heavy atom. The predicted octanol–water partition coefficient (Wildman–Crippen LogP) is 2.38. The highest BCUT2D eigenvalue weighted by atomic mass is 32.2. The fourth-order valence-corrected chi connectivity index (χ4v) is 3.59. The fourth-order valence-electron chi connectivity index (χ4n) is 2.32. The third-order valence-electron chi connectivity index (χ3n) is 3.51. The summed E-state index contributed by atoms with van der Waals surface area (Å²) in [6, 6.07) is 8.92. The van der Waals surface area contributed by atoms with Crippen LogP contribution >= 0.6 is 0 Å². The first-order valence-corrected chi connectivity index (χ1v) is 8.58. The number of ether oxygens (including phenoxy) is 2. The standard InChI is InChI=1S/C16H16FNO4S/c1-11-2-4-13(17)9-16(11)23(19,20)18-10-12-3-5-14-15(8-12)22-7-6-21-14/h2-5,8-9,18H,6-7,10H2,1H3. The molecule has 1 N–H and O–H groups in total. The van der Waals surface area contributed by atoms with E-state index in [-0.39, 0.29) is 11.4 Å². The van der Waals surface area contributed by atoms with E-state index in [2.05, 4.69) is 4.72 Å². The Morgan fingerprint density at radius 2 is 1.83 bits per heavy atom. The number of hydrogen-bond donors (Lipinski definition) is 1. The number of fused-ring (bicyclic) bond motifs is 1. The molecule has 0 atom stereocenters. The predicted molar refractivity (Wildman–Crippen MR) is 82.6 cm³/mol. The van der Waals surface area contributed by atoms with Crippen molar-refractivity contribution in [2.75, 3.05) is 13.2 Å². The zero-order chi connectivity index (χ0) is 16.4. The monoisotopic (exact) mass is 337 g/mol. The van der Waals surface area contributed by atoms with Gasteiger partial charge in [0.15, 0.2) is 11.5 Å². The topological polar surface area (TPSA) is 64.6 Å². The van der Waals surface area contributed by atoms with Crippen molar-refractivity contribution in [3.63, 3.8) is 0 Å². The van der Waals surface area contributed by atoms with E-state index in [0.717, 1.165) is 11.6 Å². The molecule has 0 aromatic heterocycles. The van der Waals surface area contributed by atoms with Crippen LogP contribution in [0.15, 0.2) is 41.3 Å². The summed E-state index contributed by atoms with van der Waals surface area (Å²) in [6.45, 7) is 2.66. The Morgan fingerprint density at radius 1 is 1.09 bits per heavy atom. The van der Waals surface area contributed by atoms with Gasteiger partial charge in [0.25, 0.3) is 0 Å². The Hall–Kier alpha value is -2.12. The number of nitrogens with one attached hydrogen (secondary N) is 1. The third kappa shape index (κ3) is 3.46. The molecule has 0 saturated carbocycles. The molecule has 0 bridgehead atoms. The van der Waals surface area contributed by atoms with E-state index in [1.165, 1.54) is 12.1 Å².